The van der Waals surface area contributed by atoms with Crippen molar-refractivity contribution in [3.8, 4) is 11.5 Å². The lowest BCUT2D eigenvalue weighted by Gasteiger charge is -2.43. The molecular formula is C25H31BrN2O5. The zero-order valence-electron chi connectivity index (χ0n) is 19.5. The summed E-state index contributed by atoms with van der Waals surface area (Å²) in [6.45, 7) is 4.87. The van der Waals surface area contributed by atoms with Crippen molar-refractivity contribution < 1.29 is 23.7 Å². The number of alkyl halides is 1. The standard InChI is InChI=1S/C25H31BrN2O5/c1-5-28(23(16-26)31-4)25(2,14-15-32-19-12-10-18(30-3)11-13-19)33-24(29)21-17-27-22-9-7-6-8-20(21)22/h6-13,17,23,27H,5,14-16H2,1-4H3. The van der Waals surface area contributed by atoms with Crippen LogP contribution in [0.5, 0.6) is 11.5 Å². The molecule has 2 aromatic carbocycles. The largest absolute Gasteiger partial charge is 0.497 e. The average Bonchev–Trinajstić information content (AvgIpc) is 3.27. The molecule has 0 saturated heterocycles. The van der Waals surface area contributed by atoms with E-state index in [2.05, 4.69) is 20.9 Å². The van der Waals surface area contributed by atoms with E-state index in [0.29, 0.717) is 36.2 Å². The van der Waals surface area contributed by atoms with Crippen LogP contribution in [-0.2, 0) is 9.47 Å². The van der Waals surface area contributed by atoms with Crippen LogP contribution in [0.3, 0.4) is 0 Å². The SMILES string of the molecule is CCN(C(CBr)OC)C(C)(CCOc1ccc(OC)cc1)OC(=O)c1c[nH]c2ccccc12. The molecule has 1 heterocycles. The van der Waals surface area contributed by atoms with Crippen LogP contribution < -0.4 is 9.47 Å². The molecule has 1 aromatic heterocycles. The van der Waals surface area contributed by atoms with Crippen molar-refractivity contribution in [2.45, 2.75) is 32.2 Å². The highest BCUT2D eigenvalue weighted by Crippen LogP contribution is 2.29. The van der Waals surface area contributed by atoms with Crippen molar-refractivity contribution in [1.29, 1.82) is 0 Å². The van der Waals surface area contributed by atoms with Crippen LogP contribution in [-0.4, -0.2) is 60.5 Å². The van der Waals surface area contributed by atoms with Gasteiger partial charge in [-0.1, -0.05) is 41.1 Å². The fourth-order valence-corrected chi connectivity index (χ4v) is 4.51. The van der Waals surface area contributed by atoms with E-state index in [1.807, 2.05) is 67.3 Å². The molecule has 0 aliphatic carbocycles. The molecule has 3 aromatic rings. The predicted molar refractivity (Wildman–Crippen MR) is 132 cm³/mol. The molecular weight excluding hydrogens is 488 g/mol. The third-order valence-corrected chi connectivity index (χ3v) is 6.27. The molecule has 2 atom stereocenters. The van der Waals surface area contributed by atoms with E-state index in [9.17, 15) is 4.79 Å². The molecule has 0 radical (unpaired) electrons. The number of halogens is 1. The van der Waals surface area contributed by atoms with Gasteiger partial charge >= 0.3 is 5.97 Å². The van der Waals surface area contributed by atoms with Crippen LogP contribution in [0.15, 0.2) is 54.7 Å². The number of aromatic amines is 1. The summed E-state index contributed by atoms with van der Waals surface area (Å²) in [5.41, 5.74) is 0.416. The molecule has 0 saturated carbocycles. The van der Waals surface area contributed by atoms with Gasteiger partial charge in [0.2, 0.25) is 0 Å². The van der Waals surface area contributed by atoms with Gasteiger partial charge in [0.05, 0.1) is 19.3 Å². The second kappa shape index (κ2) is 11.5. The van der Waals surface area contributed by atoms with Crippen LogP contribution in [0.25, 0.3) is 10.9 Å². The van der Waals surface area contributed by atoms with Crippen molar-refractivity contribution in [3.63, 3.8) is 0 Å². The summed E-state index contributed by atoms with van der Waals surface area (Å²) in [5.74, 6) is 1.08. The van der Waals surface area contributed by atoms with Crippen molar-refractivity contribution >= 4 is 32.8 Å². The molecule has 0 amide bonds. The first-order valence-electron chi connectivity index (χ1n) is 10.9. The van der Waals surface area contributed by atoms with E-state index >= 15 is 0 Å². The van der Waals surface area contributed by atoms with Gasteiger partial charge in [-0.25, -0.2) is 9.69 Å². The van der Waals surface area contributed by atoms with E-state index < -0.39 is 11.7 Å². The van der Waals surface area contributed by atoms with Gasteiger partial charge < -0.3 is 23.9 Å². The van der Waals surface area contributed by atoms with Crippen molar-refractivity contribution in [3.05, 3.63) is 60.3 Å². The minimum absolute atomic E-state index is 0.281. The Labute approximate surface area is 203 Å². The number of nitrogens with one attached hydrogen (secondary N) is 1. The number of aromatic nitrogens is 1. The molecule has 33 heavy (non-hydrogen) atoms. The Kier molecular flexibility index (Phi) is 8.77. The molecule has 0 bridgehead atoms. The van der Waals surface area contributed by atoms with E-state index in [4.69, 9.17) is 18.9 Å². The minimum Gasteiger partial charge on any atom is -0.497 e. The fraction of sp³-hybridized carbons (Fsp3) is 0.400. The zero-order valence-corrected chi connectivity index (χ0v) is 21.1. The quantitative estimate of drug-likeness (QED) is 0.201. The number of esters is 1. The molecule has 3 rings (SSSR count). The number of ether oxygens (including phenoxy) is 4. The highest BCUT2D eigenvalue weighted by Gasteiger charge is 2.39. The summed E-state index contributed by atoms with van der Waals surface area (Å²) in [6.07, 6.45) is 1.85. The Morgan fingerprint density at radius 3 is 2.45 bits per heavy atom. The van der Waals surface area contributed by atoms with Gasteiger partial charge in [0.15, 0.2) is 5.72 Å². The third-order valence-electron chi connectivity index (χ3n) is 5.72. The predicted octanol–water partition coefficient (Wildman–Crippen LogP) is 5.21. The average molecular weight is 519 g/mol. The molecule has 8 heteroatoms. The first-order chi connectivity index (χ1) is 16.0. The molecule has 178 valence electrons. The molecule has 2 unspecified atom stereocenters. The topological polar surface area (TPSA) is 73.0 Å². The first-order valence-corrected chi connectivity index (χ1v) is 12.0. The highest BCUT2D eigenvalue weighted by atomic mass is 79.9. The number of methoxy groups -OCH3 is 2. The summed E-state index contributed by atoms with van der Waals surface area (Å²) < 4.78 is 23.0. The van der Waals surface area contributed by atoms with Crippen molar-refractivity contribution in [2.75, 3.05) is 32.7 Å². The van der Waals surface area contributed by atoms with E-state index in [1.54, 1.807) is 20.4 Å². The molecule has 0 spiro atoms. The Morgan fingerprint density at radius 1 is 1.12 bits per heavy atom. The number of H-pyrrole nitrogens is 1. The number of nitrogens with zero attached hydrogens (tertiary/aromatic N) is 1. The summed E-state index contributed by atoms with van der Waals surface area (Å²) in [7, 11) is 3.27. The molecule has 0 aliphatic heterocycles. The number of carbonyl (C=O) groups excluding carboxylic acids is 1. The number of benzene rings is 2. The van der Waals surface area contributed by atoms with Crippen LogP contribution >= 0.6 is 15.9 Å². The zero-order chi connectivity index (χ0) is 23.8. The lowest BCUT2D eigenvalue weighted by Crippen LogP contribution is -2.56. The van der Waals surface area contributed by atoms with E-state index in [0.717, 1.165) is 16.7 Å². The maximum absolute atomic E-state index is 13.3. The molecule has 7 nitrogen and oxygen atoms in total. The van der Waals surface area contributed by atoms with Crippen molar-refractivity contribution in [1.82, 2.24) is 9.88 Å². The Morgan fingerprint density at radius 2 is 1.82 bits per heavy atom. The number of hydrogen-bond acceptors (Lipinski definition) is 6. The number of hydrogen-bond donors (Lipinski definition) is 1. The second-order valence-electron chi connectivity index (χ2n) is 7.72. The van der Waals surface area contributed by atoms with Gasteiger partial charge in [-0.2, -0.15) is 0 Å². The number of carbonyl (C=O) groups is 1. The summed E-state index contributed by atoms with van der Waals surface area (Å²) in [5, 5.41) is 1.39. The molecule has 0 aliphatic rings. The number of para-hydroxylation sites is 1. The second-order valence-corrected chi connectivity index (χ2v) is 8.36. The lowest BCUT2D eigenvalue weighted by molar-refractivity contribution is -0.175. The van der Waals surface area contributed by atoms with Crippen LogP contribution in [0, 0.1) is 0 Å². The van der Waals surface area contributed by atoms with Crippen molar-refractivity contribution in [2.24, 2.45) is 0 Å². The van der Waals surface area contributed by atoms with Gasteiger partial charge in [0.25, 0.3) is 0 Å². The first kappa shape index (κ1) is 25.1. The monoisotopic (exact) mass is 518 g/mol. The van der Waals surface area contributed by atoms with Gasteiger partial charge in [-0.05, 0) is 37.3 Å². The Bertz CT molecular complexity index is 1030. The lowest BCUT2D eigenvalue weighted by atomic mass is 10.1. The van der Waals surface area contributed by atoms with Gasteiger partial charge in [0, 0.05) is 42.5 Å². The molecule has 1 N–H and O–H groups in total. The third kappa shape index (κ3) is 5.88. The maximum atomic E-state index is 13.3. The Hall–Kier alpha value is -2.55. The minimum atomic E-state index is -0.967. The summed E-state index contributed by atoms with van der Waals surface area (Å²) >= 11 is 3.51. The number of rotatable bonds is 12. The van der Waals surface area contributed by atoms with Crippen LogP contribution in [0.2, 0.25) is 0 Å². The van der Waals surface area contributed by atoms with E-state index in [-0.39, 0.29) is 6.23 Å². The fourth-order valence-electron chi connectivity index (χ4n) is 3.89. The normalized spacial score (nSPS) is 14.1. The van der Waals surface area contributed by atoms with E-state index in [1.165, 1.54) is 0 Å². The molecule has 0 fully saturated rings. The van der Waals surface area contributed by atoms with Gasteiger partial charge in [-0.15, -0.1) is 0 Å². The number of fused-ring (bicyclic) bond motifs is 1. The van der Waals surface area contributed by atoms with Crippen LogP contribution in [0.4, 0.5) is 0 Å². The maximum Gasteiger partial charge on any atom is 0.342 e. The summed E-state index contributed by atoms with van der Waals surface area (Å²) in [6, 6.07) is 15.0. The highest BCUT2D eigenvalue weighted by molar-refractivity contribution is 9.09. The Balaban J connectivity index is 1.81. The van der Waals surface area contributed by atoms with Gasteiger partial charge in [-0.3, -0.25) is 0 Å². The van der Waals surface area contributed by atoms with Gasteiger partial charge in [0.1, 0.15) is 17.7 Å². The smallest absolute Gasteiger partial charge is 0.342 e. The van der Waals surface area contributed by atoms with Crippen LogP contribution in [0.1, 0.15) is 30.6 Å². The summed E-state index contributed by atoms with van der Waals surface area (Å²) in [4.78, 5) is 18.4.